The lowest BCUT2D eigenvalue weighted by Gasteiger charge is -2.11. The molecule has 0 saturated carbocycles. The van der Waals surface area contributed by atoms with Gasteiger partial charge in [-0.15, -0.1) is 0 Å². The fraction of sp³-hybridized carbons (Fsp3) is 0.417. The van der Waals surface area contributed by atoms with Crippen LogP contribution in [-0.2, 0) is 32.4 Å². The van der Waals surface area contributed by atoms with Crippen molar-refractivity contribution in [2.24, 2.45) is 21.1 Å². The Labute approximate surface area is 117 Å². The van der Waals surface area contributed by atoms with Crippen LogP contribution in [0.15, 0.2) is 14.4 Å². The highest BCUT2D eigenvalue weighted by Gasteiger charge is 2.16. The van der Waals surface area contributed by atoms with E-state index in [1.54, 1.807) is 0 Å². The summed E-state index contributed by atoms with van der Waals surface area (Å²) in [5, 5.41) is 8.68. The first-order valence-electron chi connectivity index (χ1n) is 6.13. The lowest BCUT2D eigenvalue weighted by molar-refractivity contribution is -0.136. The summed E-state index contributed by atoms with van der Waals surface area (Å²) in [5.41, 5.74) is -1.66. The molecule has 2 aromatic rings. The van der Waals surface area contributed by atoms with Gasteiger partial charge in [-0.2, -0.15) is 0 Å². The summed E-state index contributed by atoms with van der Waals surface area (Å²) < 4.78 is 3.19. The number of aliphatic carboxylic acids is 1. The molecule has 9 nitrogen and oxygen atoms in total. The highest BCUT2D eigenvalue weighted by Crippen LogP contribution is 2.03. The first-order chi connectivity index (χ1) is 9.75. The number of fused-ring (bicyclic) bond motifs is 1. The second-order valence-electron chi connectivity index (χ2n) is 4.69. The molecule has 0 aliphatic heterocycles. The Balaban J connectivity index is 2.89. The molecule has 2 rings (SSSR count). The van der Waals surface area contributed by atoms with Gasteiger partial charge >= 0.3 is 11.7 Å². The zero-order valence-corrected chi connectivity index (χ0v) is 11.8. The van der Waals surface area contributed by atoms with E-state index in [2.05, 4.69) is 4.98 Å². The Morgan fingerprint density at radius 2 is 1.67 bits per heavy atom. The maximum atomic E-state index is 12.1. The molecule has 9 heteroatoms. The number of hydrogen-bond acceptors (Lipinski definition) is 5. The summed E-state index contributed by atoms with van der Waals surface area (Å²) in [6, 6.07) is 0. The third kappa shape index (κ3) is 2.26. The van der Waals surface area contributed by atoms with Crippen LogP contribution in [0, 0.1) is 0 Å². The fourth-order valence-electron chi connectivity index (χ4n) is 2.16. The van der Waals surface area contributed by atoms with Crippen LogP contribution in [0.4, 0.5) is 0 Å². The molecule has 0 spiro atoms. The van der Waals surface area contributed by atoms with Crippen molar-refractivity contribution in [3.8, 4) is 0 Å². The van der Waals surface area contributed by atoms with Crippen LogP contribution >= 0.6 is 0 Å². The van der Waals surface area contributed by atoms with Crippen molar-refractivity contribution in [3.63, 3.8) is 0 Å². The van der Waals surface area contributed by atoms with Crippen LogP contribution in [0.5, 0.6) is 0 Å². The van der Waals surface area contributed by atoms with Crippen molar-refractivity contribution >= 4 is 17.1 Å². The number of carboxylic acid groups (broad SMARTS) is 1. The Morgan fingerprint density at radius 3 is 2.24 bits per heavy atom. The molecule has 2 aromatic heterocycles. The van der Waals surface area contributed by atoms with Crippen molar-refractivity contribution in [1.82, 2.24) is 18.7 Å². The van der Waals surface area contributed by atoms with Gasteiger partial charge in [0.05, 0.1) is 6.42 Å². The number of carbonyl (C=O) groups is 1. The quantitative estimate of drug-likeness (QED) is 0.725. The molecule has 1 N–H and O–H groups in total. The van der Waals surface area contributed by atoms with E-state index in [0.717, 1.165) is 13.7 Å². The van der Waals surface area contributed by atoms with Gasteiger partial charge in [-0.25, -0.2) is 9.78 Å². The van der Waals surface area contributed by atoms with Crippen molar-refractivity contribution < 1.29 is 9.90 Å². The molecule has 0 saturated heterocycles. The summed E-state index contributed by atoms with van der Waals surface area (Å²) in [6.07, 6.45) is -0.343. The zero-order chi connectivity index (χ0) is 15.9. The lowest BCUT2D eigenvalue weighted by atomic mass is 10.2. The largest absolute Gasteiger partial charge is 0.481 e. The molecule has 0 unspecified atom stereocenters. The highest BCUT2D eigenvalue weighted by molar-refractivity contribution is 5.70. The van der Waals surface area contributed by atoms with Crippen molar-refractivity contribution in [2.45, 2.75) is 12.8 Å². The van der Waals surface area contributed by atoms with Crippen molar-refractivity contribution in [3.05, 3.63) is 36.9 Å². The third-order valence-corrected chi connectivity index (χ3v) is 3.30. The van der Waals surface area contributed by atoms with Gasteiger partial charge in [0.15, 0.2) is 11.2 Å². The van der Waals surface area contributed by atoms with E-state index in [0.29, 0.717) is 0 Å². The van der Waals surface area contributed by atoms with E-state index in [-0.39, 0.29) is 29.7 Å². The second-order valence-corrected chi connectivity index (χ2v) is 4.69. The monoisotopic (exact) mass is 294 g/mol. The van der Waals surface area contributed by atoms with Gasteiger partial charge in [0.25, 0.3) is 11.1 Å². The second kappa shape index (κ2) is 5.00. The molecule has 21 heavy (non-hydrogen) atoms. The van der Waals surface area contributed by atoms with Crippen molar-refractivity contribution in [1.29, 1.82) is 0 Å². The van der Waals surface area contributed by atoms with E-state index in [4.69, 9.17) is 5.11 Å². The van der Waals surface area contributed by atoms with Gasteiger partial charge in [0.1, 0.15) is 5.69 Å². The minimum Gasteiger partial charge on any atom is -0.481 e. The topological polar surface area (TPSA) is 116 Å². The average Bonchev–Trinajstić information content (AvgIpc) is 2.44. The highest BCUT2D eigenvalue weighted by atomic mass is 16.4. The minimum atomic E-state index is -1.06. The zero-order valence-electron chi connectivity index (χ0n) is 11.8. The van der Waals surface area contributed by atoms with E-state index in [1.165, 1.54) is 21.1 Å². The van der Waals surface area contributed by atoms with Gasteiger partial charge in [0.2, 0.25) is 0 Å². The van der Waals surface area contributed by atoms with Crippen LogP contribution in [0.3, 0.4) is 0 Å². The molecule has 0 radical (unpaired) electrons. The Bertz CT molecular complexity index is 918. The molecular weight excluding hydrogens is 280 g/mol. The summed E-state index contributed by atoms with van der Waals surface area (Å²) in [4.78, 5) is 50.7. The Morgan fingerprint density at radius 1 is 1.05 bits per heavy atom. The van der Waals surface area contributed by atoms with E-state index in [1.807, 2.05) is 0 Å². The molecule has 0 fully saturated rings. The van der Waals surface area contributed by atoms with Gasteiger partial charge < -0.3 is 5.11 Å². The predicted molar refractivity (Wildman–Crippen MR) is 73.4 cm³/mol. The maximum absolute atomic E-state index is 12.1. The number of aryl methyl sites for hydroxylation is 3. The number of rotatable bonds is 3. The summed E-state index contributed by atoms with van der Waals surface area (Å²) >= 11 is 0. The smallest absolute Gasteiger partial charge is 0.332 e. The van der Waals surface area contributed by atoms with Gasteiger partial charge in [0, 0.05) is 27.6 Å². The molecule has 0 bridgehead atoms. The van der Waals surface area contributed by atoms with E-state index in [9.17, 15) is 19.2 Å². The SMILES string of the molecule is Cn1c(=O)c2nc(CCC(=O)O)c(=O)n(C)c2n(C)c1=O. The number of hydrogen-bond donors (Lipinski definition) is 1. The summed E-state index contributed by atoms with van der Waals surface area (Å²) in [6.45, 7) is 0. The molecule has 112 valence electrons. The number of aromatic nitrogens is 4. The molecule has 0 aliphatic carbocycles. The Hall–Kier alpha value is -2.71. The van der Waals surface area contributed by atoms with Crippen LogP contribution < -0.4 is 16.8 Å². The predicted octanol–water partition coefficient (Wildman–Crippen LogP) is -1.65. The molecule has 0 aromatic carbocycles. The molecule has 0 atom stereocenters. The van der Waals surface area contributed by atoms with Crippen LogP contribution in [0.2, 0.25) is 0 Å². The normalized spacial score (nSPS) is 11.0. The van der Waals surface area contributed by atoms with Crippen LogP contribution in [0.1, 0.15) is 12.1 Å². The Kier molecular flexibility index (Phi) is 3.50. The number of carboxylic acids is 1. The summed E-state index contributed by atoms with van der Waals surface area (Å²) in [7, 11) is 4.16. The van der Waals surface area contributed by atoms with Crippen LogP contribution in [-0.4, -0.2) is 29.8 Å². The van der Waals surface area contributed by atoms with E-state index >= 15 is 0 Å². The molecular formula is C12H14N4O5. The maximum Gasteiger partial charge on any atom is 0.332 e. The fourth-order valence-corrected chi connectivity index (χ4v) is 2.16. The van der Waals surface area contributed by atoms with Gasteiger partial charge in [-0.3, -0.25) is 28.1 Å². The summed E-state index contributed by atoms with van der Waals surface area (Å²) in [5.74, 6) is -1.06. The van der Waals surface area contributed by atoms with Gasteiger partial charge in [-0.1, -0.05) is 0 Å². The standard InChI is InChI=1S/C12H14N4O5/c1-14-9-8(11(20)16(3)12(21)15(9)2)13-6(10(14)19)4-5-7(17)18/h4-5H2,1-3H3,(H,17,18). The van der Waals surface area contributed by atoms with E-state index < -0.39 is 22.8 Å². The van der Waals surface area contributed by atoms with Crippen LogP contribution in [0.25, 0.3) is 11.2 Å². The first-order valence-corrected chi connectivity index (χ1v) is 6.13. The number of nitrogens with zero attached hydrogens (tertiary/aromatic N) is 4. The third-order valence-electron chi connectivity index (χ3n) is 3.30. The lowest BCUT2D eigenvalue weighted by Crippen LogP contribution is -2.40. The first kappa shape index (κ1) is 14.7. The molecule has 2 heterocycles. The molecule has 0 amide bonds. The van der Waals surface area contributed by atoms with Crippen molar-refractivity contribution in [2.75, 3.05) is 0 Å². The van der Waals surface area contributed by atoms with Gasteiger partial charge in [-0.05, 0) is 0 Å². The molecule has 0 aliphatic rings. The minimum absolute atomic E-state index is 0.0110. The average molecular weight is 294 g/mol.